The van der Waals surface area contributed by atoms with E-state index in [4.69, 9.17) is 0 Å². The number of nitriles is 1. The van der Waals surface area contributed by atoms with E-state index in [1.807, 2.05) is 18.2 Å². The lowest BCUT2D eigenvalue weighted by atomic mass is 10.1. The predicted octanol–water partition coefficient (Wildman–Crippen LogP) is 3.99. The fourth-order valence-corrected chi connectivity index (χ4v) is 2.59. The van der Waals surface area contributed by atoms with Crippen molar-refractivity contribution in [1.82, 2.24) is 0 Å². The Morgan fingerprint density at radius 3 is 2.44 bits per heavy atom. The van der Waals surface area contributed by atoms with Gasteiger partial charge in [-0.3, -0.25) is 14.9 Å². The first-order valence-corrected chi connectivity index (χ1v) is 8.51. The molecule has 7 heteroatoms. The van der Waals surface area contributed by atoms with Crippen LogP contribution in [0, 0.1) is 21.4 Å². The number of non-ortho nitro benzene ring substituents is 1. The van der Waals surface area contributed by atoms with Gasteiger partial charge in [0.1, 0.15) is 11.6 Å². The number of nitrogens with zero attached hydrogens (tertiary/aromatic N) is 3. The smallest absolute Gasteiger partial charge is 0.270 e. The number of anilines is 2. The van der Waals surface area contributed by atoms with Crippen LogP contribution in [0.1, 0.15) is 19.4 Å². The molecule has 2 aromatic rings. The predicted molar refractivity (Wildman–Crippen MR) is 105 cm³/mol. The molecule has 0 aliphatic heterocycles. The van der Waals surface area contributed by atoms with Crippen LogP contribution in [0.25, 0.3) is 6.08 Å². The van der Waals surface area contributed by atoms with Crippen molar-refractivity contribution in [3.63, 3.8) is 0 Å². The van der Waals surface area contributed by atoms with E-state index in [0.717, 1.165) is 18.8 Å². The number of amides is 1. The minimum atomic E-state index is -0.570. The van der Waals surface area contributed by atoms with Crippen LogP contribution in [0.4, 0.5) is 17.1 Å². The summed E-state index contributed by atoms with van der Waals surface area (Å²) in [7, 11) is 0. The third-order valence-electron chi connectivity index (χ3n) is 4.01. The van der Waals surface area contributed by atoms with Crippen molar-refractivity contribution in [3.8, 4) is 6.07 Å². The fraction of sp³-hybridized carbons (Fsp3) is 0.200. The van der Waals surface area contributed by atoms with Crippen molar-refractivity contribution in [2.24, 2.45) is 0 Å². The molecule has 0 spiro atoms. The first-order chi connectivity index (χ1) is 13.0. The number of benzene rings is 2. The molecule has 0 unspecified atom stereocenters. The van der Waals surface area contributed by atoms with Crippen LogP contribution >= 0.6 is 0 Å². The highest BCUT2D eigenvalue weighted by Crippen LogP contribution is 2.19. The Morgan fingerprint density at radius 1 is 1.22 bits per heavy atom. The fourth-order valence-electron chi connectivity index (χ4n) is 2.59. The molecule has 27 heavy (non-hydrogen) atoms. The van der Waals surface area contributed by atoms with E-state index in [2.05, 4.69) is 24.1 Å². The molecule has 138 valence electrons. The first kappa shape index (κ1) is 19.7. The molecule has 7 nitrogen and oxygen atoms in total. The SMILES string of the molecule is CCN(CC)c1ccc(NC(=O)/C(C#N)=C\c2cccc([N+](=O)[O-])c2)cc1. The highest BCUT2D eigenvalue weighted by Gasteiger charge is 2.11. The Morgan fingerprint density at radius 2 is 1.89 bits per heavy atom. The number of carbonyl (C=O) groups excluding carboxylic acids is 1. The van der Waals surface area contributed by atoms with Crippen molar-refractivity contribution >= 4 is 29.0 Å². The lowest BCUT2D eigenvalue weighted by molar-refractivity contribution is -0.384. The molecule has 0 aromatic heterocycles. The molecular weight excluding hydrogens is 344 g/mol. The van der Waals surface area contributed by atoms with Gasteiger partial charge in [0.05, 0.1) is 4.92 Å². The lowest BCUT2D eigenvalue weighted by Gasteiger charge is -2.21. The largest absolute Gasteiger partial charge is 0.372 e. The standard InChI is InChI=1S/C20H20N4O3/c1-3-23(4-2)18-10-8-17(9-11-18)22-20(25)16(14-21)12-15-6-5-7-19(13-15)24(26)27/h5-13H,3-4H2,1-2H3,(H,22,25)/b16-12-. The molecule has 0 saturated heterocycles. The summed E-state index contributed by atoms with van der Waals surface area (Å²) in [6.07, 6.45) is 1.33. The second-order valence-electron chi connectivity index (χ2n) is 5.70. The molecule has 2 rings (SSSR count). The highest BCUT2D eigenvalue weighted by atomic mass is 16.6. The van der Waals surface area contributed by atoms with Crippen molar-refractivity contribution in [2.75, 3.05) is 23.3 Å². The molecule has 0 atom stereocenters. The minimum absolute atomic E-state index is 0.103. The Kier molecular flexibility index (Phi) is 6.67. The van der Waals surface area contributed by atoms with E-state index >= 15 is 0 Å². The maximum atomic E-state index is 12.4. The number of nitro groups is 1. The van der Waals surface area contributed by atoms with Gasteiger partial charge >= 0.3 is 0 Å². The van der Waals surface area contributed by atoms with Gasteiger partial charge in [0.15, 0.2) is 0 Å². The molecule has 0 heterocycles. The van der Waals surface area contributed by atoms with Crippen molar-refractivity contribution in [3.05, 3.63) is 69.8 Å². The van der Waals surface area contributed by atoms with Gasteiger partial charge in [-0.05, 0) is 49.8 Å². The van der Waals surface area contributed by atoms with Gasteiger partial charge in [-0.2, -0.15) is 5.26 Å². The van der Waals surface area contributed by atoms with Gasteiger partial charge in [0, 0.05) is 36.6 Å². The second kappa shape index (κ2) is 9.15. The quantitative estimate of drug-likeness (QED) is 0.347. The van der Waals surface area contributed by atoms with Gasteiger partial charge in [0.25, 0.3) is 11.6 Å². The Bertz CT molecular complexity index is 894. The summed E-state index contributed by atoms with van der Waals surface area (Å²) in [5.74, 6) is -0.570. The Hall–Kier alpha value is -3.66. The summed E-state index contributed by atoms with van der Waals surface area (Å²) < 4.78 is 0. The summed E-state index contributed by atoms with van der Waals surface area (Å²) in [5, 5.41) is 22.8. The monoisotopic (exact) mass is 364 g/mol. The molecule has 0 radical (unpaired) electrons. The minimum Gasteiger partial charge on any atom is -0.372 e. The zero-order chi connectivity index (χ0) is 19.8. The van der Waals surface area contributed by atoms with E-state index in [-0.39, 0.29) is 11.3 Å². The van der Waals surface area contributed by atoms with E-state index in [1.165, 1.54) is 24.3 Å². The molecule has 1 N–H and O–H groups in total. The topological polar surface area (TPSA) is 99.3 Å². The third kappa shape index (κ3) is 5.16. The molecular formula is C20H20N4O3. The van der Waals surface area contributed by atoms with E-state index in [0.29, 0.717) is 11.3 Å². The summed E-state index contributed by atoms with van der Waals surface area (Å²) in [5.41, 5.74) is 1.78. The van der Waals surface area contributed by atoms with E-state index in [1.54, 1.807) is 18.2 Å². The number of carbonyl (C=O) groups is 1. The Balaban J connectivity index is 2.16. The molecule has 0 aliphatic carbocycles. The highest BCUT2D eigenvalue weighted by molar-refractivity contribution is 6.09. The maximum Gasteiger partial charge on any atom is 0.270 e. The summed E-state index contributed by atoms with van der Waals surface area (Å²) in [6, 6.07) is 14.9. The number of hydrogen-bond donors (Lipinski definition) is 1. The maximum absolute atomic E-state index is 12.4. The van der Waals surface area contributed by atoms with Gasteiger partial charge in [-0.1, -0.05) is 12.1 Å². The van der Waals surface area contributed by atoms with Gasteiger partial charge in [-0.25, -0.2) is 0 Å². The molecule has 0 fully saturated rings. The molecule has 0 saturated carbocycles. The van der Waals surface area contributed by atoms with Crippen LogP contribution in [0.2, 0.25) is 0 Å². The molecule has 1 amide bonds. The van der Waals surface area contributed by atoms with Crippen molar-refractivity contribution < 1.29 is 9.72 Å². The lowest BCUT2D eigenvalue weighted by Crippen LogP contribution is -2.21. The van der Waals surface area contributed by atoms with E-state index < -0.39 is 10.8 Å². The summed E-state index contributed by atoms with van der Waals surface area (Å²) >= 11 is 0. The summed E-state index contributed by atoms with van der Waals surface area (Å²) in [4.78, 5) is 24.8. The van der Waals surface area contributed by atoms with E-state index in [9.17, 15) is 20.2 Å². The molecule has 0 aliphatic rings. The van der Waals surface area contributed by atoms with Crippen LogP contribution in [0.3, 0.4) is 0 Å². The third-order valence-corrected chi connectivity index (χ3v) is 4.01. The molecule has 0 bridgehead atoms. The zero-order valence-electron chi connectivity index (χ0n) is 15.2. The second-order valence-corrected chi connectivity index (χ2v) is 5.70. The first-order valence-electron chi connectivity index (χ1n) is 8.51. The number of nitrogens with one attached hydrogen (secondary N) is 1. The molecule has 2 aromatic carbocycles. The normalized spacial score (nSPS) is 10.8. The number of nitro benzene ring substituents is 1. The van der Waals surface area contributed by atoms with Crippen LogP contribution in [0.5, 0.6) is 0 Å². The van der Waals surface area contributed by atoms with Gasteiger partial charge in [-0.15, -0.1) is 0 Å². The average molecular weight is 364 g/mol. The van der Waals surface area contributed by atoms with Crippen molar-refractivity contribution in [1.29, 1.82) is 5.26 Å². The zero-order valence-corrected chi connectivity index (χ0v) is 15.2. The summed E-state index contributed by atoms with van der Waals surface area (Å²) in [6.45, 7) is 5.90. The Labute approximate surface area is 157 Å². The number of rotatable bonds is 7. The van der Waals surface area contributed by atoms with Crippen LogP contribution in [-0.4, -0.2) is 23.9 Å². The number of hydrogen-bond acceptors (Lipinski definition) is 5. The van der Waals surface area contributed by atoms with Crippen LogP contribution < -0.4 is 10.2 Å². The van der Waals surface area contributed by atoms with Crippen LogP contribution in [0.15, 0.2) is 54.1 Å². The van der Waals surface area contributed by atoms with Gasteiger partial charge < -0.3 is 10.2 Å². The van der Waals surface area contributed by atoms with Gasteiger partial charge in [0.2, 0.25) is 0 Å². The average Bonchev–Trinajstić information content (AvgIpc) is 2.68. The van der Waals surface area contributed by atoms with Crippen molar-refractivity contribution in [2.45, 2.75) is 13.8 Å². The van der Waals surface area contributed by atoms with Crippen LogP contribution in [-0.2, 0) is 4.79 Å².